The van der Waals surface area contributed by atoms with Gasteiger partial charge >= 0.3 is 0 Å². The van der Waals surface area contributed by atoms with Crippen LogP contribution in [0.15, 0.2) is 18.2 Å². The lowest BCUT2D eigenvalue weighted by Gasteiger charge is -2.17. The number of nitrogens with zero attached hydrogens (tertiary/aromatic N) is 1. The second-order valence-corrected chi connectivity index (χ2v) is 4.48. The molecule has 1 N–H and O–H groups in total. The highest BCUT2D eigenvalue weighted by Gasteiger charge is 2.13. The quantitative estimate of drug-likeness (QED) is 0.780. The van der Waals surface area contributed by atoms with Gasteiger partial charge in [0.15, 0.2) is 0 Å². The fourth-order valence-corrected chi connectivity index (χ4v) is 1.61. The van der Waals surface area contributed by atoms with Crippen molar-refractivity contribution < 1.29 is 5.11 Å². The Hall–Kier alpha value is -1.09. The molecule has 1 aromatic rings. The summed E-state index contributed by atoms with van der Waals surface area (Å²) in [5, 5.41) is 10.1. The van der Waals surface area contributed by atoms with E-state index in [-0.39, 0.29) is 0 Å². The van der Waals surface area contributed by atoms with Crippen molar-refractivity contribution in [1.82, 2.24) is 4.90 Å². The number of hydrogen-bond acceptors (Lipinski definition) is 2. The third-order valence-electron chi connectivity index (χ3n) is 2.33. The van der Waals surface area contributed by atoms with Gasteiger partial charge in [0.1, 0.15) is 10.7 Å². The molecule has 1 rings (SSSR count). The van der Waals surface area contributed by atoms with Gasteiger partial charge in [-0.25, -0.2) is 0 Å². The molecule has 0 heterocycles. The monoisotopic (exact) mass is 223 g/mol. The normalized spacial score (nSPS) is 10.5. The summed E-state index contributed by atoms with van der Waals surface area (Å²) in [6, 6.07) is 5.71. The van der Waals surface area contributed by atoms with Crippen molar-refractivity contribution in [3.8, 4) is 5.75 Å². The van der Waals surface area contributed by atoms with E-state index in [1.165, 1.54) is 0 Å². The molecule has 15 heavy (non-hydrogen) atoms. The Bertz CT molecular complexity index is 372. The third kappa shape index (κ3) is 2.48. The molecular weight excluding hydrogens is 206 g/mol. The van der Waals surface area contributed by atoms with Gasteiger partial charge in [-0.1, -0.05) is 38.2 Å². The number of hydrogen-bond donors (Lipinski definition) is 1. The summed E-state index contributed by atoms with van der Waals surface area (Å²) in [6.07, 6.45) is 0. The van der Waals surface area contributed by atoms with E-state index >= 15 is 0 Å². The molecule has 0 aliphatic rings. The summed E-state index contributed by atoms with van der Waals surface area (Å²) in [5.74, 6) is 0.612. The molecule has 0 saturated carbocycles. The molecular formula is C12H17NOS. The first-order valence-corrected chi connectivity index (χ1v) is 5.39. The average Bonchev–Trinajstić information content (AvgIpc) is 2.16. The Balaban J connectivity index is 3.21. The van der Waals surface area contributed by atoms with Gasteiger partial charge in [0, 0.05) is 14.1 Å². The van der Waals surface area contributed by atoms with Crippen molar-refractivity contribution in [2.24, 2.45) is 0 Å². The van der Waals surface area contributed by atoms with Crippen molar-refractivity contribution in [3.05, 3.63) is 29.3 Å². The van der Waals surface area contributed by atoms with Crippen LogP contribution in [0.25, 0.3) is 0 Å². The number of para-hydroxylation sites is 1. The van der Waals surface area contributed by atoms with E-state index in [2.05, 4.69) is 13.8 Å². The number of thiocarbonyl (C=S) groups is 1. The highest BCUT2D eigenvalue weighted by atomic mass is 32.1. The number of phenolic OH excluding ortho intramolecular Hbond substituents is 1. The van der Waals surface area contributed by atoms with Crippen LogP contribution in [0, 0.1) is 0 Å². The molecule has 0 aliphatic carbocycles. The highest BCUT2D eigenvalue weighted by Crippen LogP contribution is 2.29. The molecule has 0 aromatic heterocycles. The Labute approximate surface area is 96.5 Å². The van der Waals surface area contributed by atoms with Gasteiger partial charge in [0.05, 0.1) is 5.56 Å². The van der Waals surface area contributed by atoms with Gasteiger partial charge in [0.25, 0.3) is 0 Å². The van der Waals surface area contributed by atoms with Crippen LogP contribution < -0.4 is 0 Å². The predicted molar refractivity (Wildman–Crippen MR) is 67.6 cm³/mol. The van der Waals surface area contributed by atoms with Crippen molar-refractivity contribution in [3.63, 3.8) is 0 Å². The Kier molecular flexibility index (Phi) is 3.69. The molecule has 0 radical (unpaired) electrons. The Morgan fingerprint density at radius 2 is 1.93 bits per heavy atom. The first kappa shape index (κ1) is 12.0. The second kappa shape index (κ2) is 4.62. The van der Waals surface area contributed by atoms with Crippen molar-refractivity contribution in [1.29, 1.82) is 0 Å². The minimum Gasteiger partial charge on any atom is -0.507 e. The molecule has 0 spiro atoms. The van der Waals surface area contributed by atoms with E-state index in [1.807, 2.05) is 37.2 Å². The zero-order chi connectivity index (χ0) is 11.6. The summed E-state index contributed by atoms with van der Waals surface area (Å²) < 4.78 is 0. The smallest absolute Gasteiger partial charge is 0.129 e. The van der Waals surface area contributed by atoms with Crippen molar-refractivity contribution in [2.45, 2.75) is 19.8 Å². The highest BCUT2D eigenvalue weighted by molar-refractivity contribution is 7.80. The Morgan fingerprint density at radius 1 is 1.33 bits per heavy atom. The van der Waals surface area contributed by atoms with E-state index in [0.29, 0.717) is 16.7 Å². The fraction of sp³-hybridized carbons (Fsp3) is 0.417. The SMILES string of the molecule is CC(C)c1cccc(C(=S)N(C)C)c1O. The van der Waals surface area contributed by atoms with Gasteiger partial charge in [-0.2, -0.15) is 0 Å². The molecule has 2 nitrogen and oxygen atoms in total. The van der Waals surface area contributed by atoms with E-state index in [0.717, 1.165) is 11.1 Å². The van der Waals surface area contributed by atoms with Crippen LogP contribution in [0.5, 0.6) is 5.75 Å². The molecule has 0 amide bonds. The van der Waals surface area contributed by atoms with Crippen LogP contribution in [-0.2, 0) is 0 Å². The number of phenols is 1. The second-order valence-electron chi connectivity index (χ2n) is 4.10. The van der Waals surface area contributed by atoms with Gasteiger partial charge < -0.3 is 10.0 Å². The average molecular weight is 223 g/mol. The molecule has 0 bridgehead atoms. The van der Waals surface area contributed by atoms with Crippen LogP contribution in [0.3, 0.4) is 0 Å². The van der Waals surface area contributed by atoms with Crippen molar-refractivity contribution in [2.75, 3.05) is 14.1 Å². The van der Waals surface area contributed by atoms with Gasteiger partial charge in [-0.05, 0) is 17.5 Å². The molecule has 1 aromatic carbocycles. The maximum absolute atomic E-state index is 10.1. The predicted octanol–water partition coefficient (Wildman–Crippen LogP) is 2.75. The van der Waals surface area contributed by atoms with Crippen LogP contribution >= 0.6 is 12.2 Å². The molecule has 3 heteroatoms. The van der Waals surface area contributed by atoms with Gasteiger partial charge in [0.2, 0.25) is 0 Å². The number of aromatic hydroxyl groups is 1. The summed E-state index contributed by atoms with van der Waals surface area (Å²) in [4.78, 5) is 2.49. The third-order valence-corrected chi connectivity index (χ3v) is 2.91. The summed E-state index contributed by atoms with van der Waals surface area (Å²) in [7, 11) is 3.76. The fourth-order valence-electron chi connectivity index (χ4n) is 1.44. The van der Waals surface area contributed by atoms with Crippen molar-refractivity contribution >= 4 is 17.2 Å². The molecule has 0 atom stereocenters. The van der Waals surface area contributed by atoms with E-state index in [9.17, 15) is 5.11 Å². The minimum atomic E-state index is 0.301. The maximum atomic E-state index is 10.1. The van der Waals surface area contributed by atoms with Gasteiger partial charge in [-0.3, -0.25) is 0 Å². The summed E-state index contributed by atoms with van der Waals surface area (Å²) in [6.45, 7) is 4.11. The van der Waals surface area contributed by atoms with Crippen LogP contribution in [0.1, 0.15) is 30.9 Å². The minimum absolute atomic E-state index is 0.301. The van der Waals surface area contributed by atoms with Crippen LogP contribution in [0.2, 0.25) is 0 Å². The topological polar surface area (TPSA) is 23.5 Å². The van der Waals surface area contributed by atoms with Crippen LogP contribution in [-0.4, -0.2) is 29.1 Å². The van der Waals surface area contributed by atoms with E-state index in [1.54, 1.807) is 0 Å². The lowest BCUT2D eigenvalue weighted by molar-refractivity contribution is 0.462. The number of rotatable bonds is 2. The van der Waals surface area contributed by atoms with Gasteiger partial charge in [-0.15, -0.1) is 0 Å². The summed E-state index contributed by atoms with van der Waals surface area (Å²) in [5.41, 5.74) is 1.68. The number of benzene rings is 1. The molecule has 0 unspecified atom stereocenters. The molecule has 0 aliphatic heterocycles. The zero-order valence-corrected chi connectivity index (χ0v) is 10.4. The lowest BCUT2D eigenvalue weighted by Crippen LogP contribution is -2.20. The lowest BCUT2D eigenvalue weighted by atomic mass is 9.99. The molecule has 0 fully saturated rings. The van der Waals surface area contributed by atoms with Crippen LogP contribution in [0.4, 0.5) is 0 Å². The van der Waals surface area contributed by atoms with E-state index < -0.39 is 0 Å². The van der Waals surface area contributed by atoms with E-state index in [4.69, 9.17) is 12.2 Å². The summed E-state index contributed by atoms with van der Waals surface area (Å²) >= 11 is 5.24. The standard InChI is InChI=1S/C12H17NOS/c1-8(2)9-6-5-7-10(11(9)14)12(15)13(3)4/h5-8,14H,1-4H3. The zero-order valence-electron chi connectivity index (χ0n) is 9.61. The largest absolute Gasteiger partial charge is 0.507 e. The maximum Gasteiger partial charge on any atom is 0.129 e. The first-order chi connectivity index (χ1) is 6.95. The molecule has 82 valence electrons. The molecule has 0 saturated heterocycles. The Morgan fingerprint density at radius 3 is 2.40 bits per heavy atom. The first-order valence-electron chi connectivity index (χ1n) is 4.98.